The second kappa shape index (κ2) is 7.43. The average Bonchev–Trinajstić information content (AvgIpc) is 2.61. The zero-order chi connectivity index (χ0) is 16.9. The Morgan fingerprint density at radius 3 is 2.67 bits per heavy atom. The molecule has 4 nitrogen and oxygen atoms in total. The van der Waals surface area contributed by atoms with Crippen LogP contribution in [0.25, 0.3) is 10.9 Å². The van der Waals surface area contributed by atoms with Crippen LogP contribution < -0.4 is 5.32 Å². The molecule has 122 valence electrons. The molecular formula is C19H17ClN2O2. The first-order valence-corrected chi connectivity index (χ1v) is 8.08. The standard InChI is InChI=1S/C19H17ClN2O2/c20-18-9-7-14-12-15(6-8-16(14)21-18)19(24)22-17(10-11-23)13-4-2-1-3-5-13/h1-9,12,17,23H,10-11H2,(H,22,24). The highest BCUT2D eigenvalue weighted by atomic mass is 35.5. The van der Waals surface area contributed by atoms with E-state index in [1.54, 1.807) is 24.3 Å². The highest BCUT2D eigenvalue weighted by Crippen LogP contribution is 2.20. The molecule has 1 unspecified atom stereocenters. The molecule has 3 aromatic rings. The first-order valence-electron chi connectivity index (χ1n) is 7.70. The summed E-state index contributed by atoms with van der Waals surface area (Å²) in [6, 6.07) is 18.2. The lowest BCUT2D eigenvalue weighted by Crippen LogP contribution is -2.29. The van der Waals surface area contributed by atoms with E-state index in [0.29, 0.717) is 17.1 Å². The molecule has 0 fully saturated rings. The Kier molecular flexibility index (Phi) is 5.08. The lowest BCUT2D eigenvalue weighted by Gasteiger charge is -2.18. The molecule has 24 heavy (non-hydrogen) atoms. The van der Waals surface area contributed by atoms with Gasteiger partial charge >= 0.3 is 0 Å². The van der Waals surface area contributed by atoms with Crippen molar-refractivity contribution < 1.29 is 9.90 Å². The van der Waals surface area contributed by atoms with Crippen molar-refractivity contribution in [1.82, 2.24) is 10.3 Å². The van der Waals surface area contributed by atoms with E-state index in [0.717, 1.165) is 16.5 Å². The molecule has 2 aromatic carbocycles. The molecular weight excluding hydrogens is 324 g/mol. The fourth-order valence-corrected chi connectivity index (χ4v) is 2.77. The number of hydrogen-bond donors (Lipinski definition) is 2. The van der Waals surface area contributed by atoms with Crippen LogP contribution in [-0.4, -0.2) is 22.6 Å². The van der Waals surface area contributed by atoms with E-state index in [9.17, 15) is 9.90 Å². The van der Waals surface area contributed by atoms with Gasteiger partial charge in [0, 0.05) is 17.6 Å². The van der Waals surface area contributed by atoms with Crippen molar-refractivity contribution in [2.24, 2.45) is 0 Å². The maximum absolute atomic E-state index is 12.6. The summed E-state index contributed by atoms with van der Waals surface area (Å²) in [4.78, 5) is 16.8. The third-order valence-electron chi connectivity index (χ3n) is 3.84. The molecule has 1 aromatic heterocycles. The monoisotopic (exact) mass is 340 g/mol. The van der Waals surface area contributed by atoms with Crippen molar-refractivity contribution in [3.05, 3.63) is 76.9 Å². The molecule has 3 rings (SSSR count). The van der Waals surface area contributed by atoms with Crippen LogP contribution in [0.2, 0.25) is 5.15 Å². The number of benzene rings is 2. The minimum atomic E-state index is -0.234. The molecule has 0 bridgehead atoms. The molecule has 1 atom stereocenters. The summed E-state index contributed by atoms with van der Waals surface area (Å²) in [6.07, 6.45) is 0.459. The summed E-state index contributed by atoms with van der Waals surface area (Å²) >= 11 is 5.88. The average molecular weight is 341 g/mol. The molecule has 5 heteroatoms. The number of aromatic nitrogens is 1. The number of amides is 1. The van der Waals surface area contributed by atoms with Crippen LogP contribution in [0.5, 0.6) is 0 Å². The van der Waals surface area contributed by atoms with E-state index in [1.165, 1.54) is 0 Å². The highest BCUT2D eigenvalue weighted by Gasteiger charge is 2.15. The lowest BCUT2D eigenvalue weighted by molar-refractivity contribution is 0.0930. The molecule has 0 aliphatic rings. The van der Waals surface area contributed by atoms with Crippen LogP contribution >= 0.6 is 11.6 Å². The third-order valence-corrected chi connectivity index (χ3v) is 4.05. The smallest absolute Gasteiger partial charge is 0.251 e. The zero-order valence-electron chi connectivity index (χ0n) is 12.9. The molecule has 1 amide bonds. The first kappa shape index (κ1) is 16.4. The van der Waals surface area contributed by atoms with Gasteiger partial charge in [0.2, 0.25) is 0 Å². The Balaban J connectivity index is 1.83. The maximum atomic E-state index is 12.6. The van der Waals surface area contributed by atoms with Gasteiger partial charge < -0.3 is 10.4 Å². The minimum absolute atomic E-state index is 0.0000195. The Morgan fingerprint density at radius 2 is 1.92 bits per heavy atom. The summed E-state index contributed by atoms with van der Waals surface area (Å²) in [5.41, 5.74) is 2.26. The van der Waals surface area contributed by atoms with Crippen molar-refractivity contribution >= 4 is 28.4 Å². The van der Waals surface area contributed by atoms with E-state index in [2.05, 4.69) is 10.3 Å². The van der Waals surface area contributed by atoms with Crippen molar-refractivity contribution in [2.45, 2.75) is 12.5 Å². The number of halogens is 1. The number of carbonyl (C=O) groups is 1. The predicted octanol–water partition coefficient (Wildman–Crippen LogP) is 3.74. The Hall–Kier alpha value is -2.43. The van der Waals surface area contributed by atoms with Gasteiger partial charge in [-0.1, -0.05) is 41.9 Å². The normalized spacial score (nSPS) is 12.1. The fourth-order valence-electron chi connectivity index (χ4n) is 2.62. The molecule has 0 saturated carbocycles. The second-order valence-corrected chi connectivity index (χ2v) is 5.88. The molecule has 0 aliphatic heterocycles. The summed E-state index contributed by atoms with van der Waals surface area (Å²) in [6.45, 7) is -0.0000195. The Labute approximate surface area is 145 Å². The number of nitrogens with zero attached hydrogens (tertiary/aromatic N) is 1. The summed E-state index contributed by atoms with van der Waals surface area (Å²) in [5, 5.41) is 13.5. The number of pyridine rings is 1. The van der Waals surface area contributed by atoms with Crippen molar-refractivity contribution in [3.8, 4) is 0 Å². The van der Waals surface area contributed by atoms with Gasteiger partial charge in [0.05, 0.1) is 11.6 Å². The molecule has 2 N–H and O–H groups in total. The van der Waals surface area contributed by atoms with E-state index in [1.807, 2.05) is 36.4 Å². The number of fused-ring (bicyclic) bond motifs is 1. The Morgan fingerprint density at radius 1 is 1.12 bits per heavy atom. The largest absolute Gasteiger partial charge is 0.396 e. The SMILES string of the molecule is O=C(NC(CCO)c1ccccc1)c1ccc2nc(Cl)ccc2c1. The quantitative estimate of drug-likeness (QED) is 0.695. The van der Waals surface area contributed by atoms with Crippen LogP contribution in [-0.2, 0) is 0 Å². The third kappa shape index (κ3) is 3.72. The molecule has 0 radical (unpaired) electrons. The fraction of sp³-hybridized carbons (Fsp3) is 0.158. The zero-order valence-corrected chi connectivity index (χ0v) is 13.7. The molecule has 0 saturated heterocycles. The second-order valence-electron chi connectivity index (χ2n) is 5.49. The van der Waals surface area contributed by atoms with Gasteiger partial charge in [0.15, 0.2) is 0 Å². The first-order chi connectivity index (χ1) is 11.7. The van der Waals surface area contributed by atoms with Gasteiger partial charge in [-0.3, -0.25) is 4.79 Å². The predicted molar refractivity (Wildman–Crippen MR) is 95.1 cm³/mol. The van der Waals surface area contributed by atoms with Crippen molar-refractivity contribution in [3.63, 3.8) is 0 Å². The van der Waals surface area contributed by atoms with E-state index in [-0.39, 0.29) is 18.6 Å². The van der Waals surface area contributed by atoms with Gasteiger partial charge in [-0.25, -0.2) is 4.98 Å². The van der Waals surface area contributed by atoms with E-state index >= 15 is 0 Å². The highest BCUT2D eigenvalue weighted by molar-refractivity contribution is 6.29. The number of carbonyl (C=O) groups excluding carboxylic acids is 1. The summed E-state index contributed by atoms with van der Waals surface area (Å²) in [5.74, 6) is -0.186. The Bertz CT molecular complexity index is 852. The number of aliphatic hydroxyl groups is 1. The van der Waals surface area contributed by atoms with Gasteiger partial charge in [-0.2, -0.15) is 0 Å². The lowest BCUT2D eigenvalue weighted by atomic mass is 10.0. The van der Waals surface area contributed by atoms with Gasteiger partial charge in [-0.15, -0.1) is 0 Å². The van der Waals surface area contributed by atoms with Crippen LogP contribution in [0.3, 0.4) is 0 Å². The number of aliphatic hydroxyl groups excluding tert-OH is 1. The summed E-state index contributed by atoms with van der Waals surface area (Å²) in [7, 11) is 0. The van der Waals surface area contributed by atoms with Crippen molar-refractivity contribution in [2.75, 3.05) is 6.61 Å². The van der Waals surface area contributed by atoms with Gasteiger partial charge in [-0.05, 0) is 42.3 Å². The van der Waals surface area contributed by atoms with E-state index < -0.39 is 0 Å². The summed E-state index contributed by atoms with van der Waals surface area (Å²) < 4.78 is 0. The molecule has 0 spiro atoms. The topological polar surface area (TPSA) is 62.2 Å². The van der Waals surface area contributed by atoms with Gasteiger partial charge in [0.1, 0.15) is 5.15 Å². The number of rotatable bonds is 5. The molecule has 1 heterocycles. The van der Waals surface area contributed by atoms with Crippen LogP contribution in [0.1, 0.15) is 28.4 Å². The van der Waals surface area contributed by atoms with Crippen LogP contribution in [0, 0.1) is 0 Å². The maximum Gasteiger partial charge on any atom is 0.251 e. The number of hydrogen-bond acceptors (Lipinski definition) is 3. The van der Waals surface area contributed by atoms with Gasteiger partial charge in [0.25, 0.3) is 5.91 Å². The van der Waals surface area contributed by atoms with Crippen LogP contribution in [0.4, 0.5) is 0 Å². The van der Waals surface area contributed by atoms with Crippen LogP contribution in [0.15, 0.2) is 60.7 Å². The minimum Gasteiger partial charge on any atom is -0.396 e. The van der Waals surface area contributed by atoms with E-state index in [4.69, 9.17) is 11.6 Å². The number of nitrogens with one attached hydrogen (secondary N) is 1. The van der Waals surface area contributed by atoms with Crippen molar-refractivity contribution in [1.29, 1.82) is 0 Å². The molecule has 0 aliphatic carbocycles.